The lowest BCUT2D eigenvalue weighted by Crippen LogP contribution is -2.60. The summed E-state index contributed by atoms with van der Waals surface area (Å²) in [5.41, 5.74) is 6.13. The number of carbonyl (C=O) groups is 1. The molecular formula is C17H34ClN3O2. The van der Waals surface area contributed by atoms with Crippen molar-refractivity contribution in [1.29, 1.82) is 0 Å². The number of rotatable bonds is 6. The Bertz CT molecular complexity index is 354. The van der Waals surface area contributed by atoms with Gasteiger partial charge < -0.3 is 15.8 Å². The molecule has 136 valence electrons. The molecule has 1 amide bonds. The van der Waals surface area contributed by atoms with Gasteiger partial charge in [-0.25, -0.2) is 0 Å². The van der Waals surface area contributed by atoms with Crippen molar-refractivity contribution in [3.8, 4) is 0 Å². The molecule has 2 rings (SSSR count). The minimum absolute atomic E-state index is 0. The van der Waals surface area contributed by atoms with Crippen molar-refractivity contribution in [3.05, 3.63) is 0 Å². The Labute approximate surface area is 147 Å². The predicted molar refractivity (Wildman–Crippen MR) is 95.9 cm³/mol. The molecule has 23 heavy (non-hydrogen) atoms. The van der Waals surface area contributed by atoms with E-state index in [1.165, 1.54) is 32.1 Å². The number of halogens is 1. The van der Waals surface area contributed by atoms with Gasteiger partial charge in [-0.2, -0.15) is 0 Å². The summed E-state index contributed by atoms with van der Waals surface area (Å²) in [4.78, 5) is 14.8. The Hall–Kier alpha value is -0.360. The molecule has 1 aliphatic heterocycles. The van der Waals surface area contributed by atoms with E-state index in [4.69, 9.17) is 10.5 Å². The van der Waals surface area contributed by atoms with E-state index < -0.39 is 0 Å². The molecule has 1 saturated carbocycles. The first-order valence-corrected chi connectivity index (χ1v) is 8.89. The van der Waals surface area contributed by atoms with E-state index in [1.807, 2.05) is 0 Å². The van der Waals surface area contributed by atoms with Crippen LogP contribution >= 0.6 is 12.4 Å². The van der Waals surface area contributed by atoms with Crippen LogP contribution in [-0.4, -0.2) is 55.2 Å². The lowest BCUT2D eigenvalue weighted by atomic mass is 9.79. The van der Waals surface area contributed by atoms with Crippen molar-refractivity contribution in [2.75, 3.05) is 32.8 Å². The average molecular weight is 348 g/mol. The molecule has 0 bridgehead atoms. The highest BCUT2D eigenvalue weighted by atomic mass is 35.5. The molecule has 0 unspecified atom stereocenters. The molecular weight excluding hydrogens is 314 g/mol. The summed E-state index contributed by atoms with van der Waals surface area (Å²) in [5.74, 6) is 0.454. The number of nitrogens with zero attached hydrogens (tertiary/aromatic N) is 1. The minimum Gasteiger partial charge on any atom is -0.379 e. The topological polar surface area (TPSA) is 67.6 Å². The van der Waals surface area contributed by atoms with Crippen LogP contribution in [0.4, 0.5) is 0 Å². The van der Waals surface area contributed by atoms with Crippen molar-refractivity contribution < 1.29 is 9.53 Å². The summed E-state index contributed by atoms with van der Waals surface area (Å²) >= 11 is 0. The maximum absolute atomic E-state index is 12.3. The SMILES string of the molecule is CC(C)C[C@H](N)C(=O)NCC1(N2CCOCC2)CCCCC1.Cl. The Morgan fingerprint density at radius 3 is 2.39 bits per heavy atom. The number of ether oxygens (including phenoxy) is 1. The molecule has 2 fully saturated rings. The number of carbonyl (C=O) groups excluding carboxylic acids is 1. The summed E-state index contributed by atoms with van der Waals surface area (Å²) in [7, 11) is 0. The first-order valence-electron chi connectivity index (χ1n) is 8.89. The molecule has 3 N–H and O–H groups in total. The van der Waals surface area contributed by atoms with Crippen LogP contribution in [-0.2, 0) is 9.53 Å². The summed E-state index contributed by atoms with van der Waals surface area (Å²) in [6.07, 6.45) is 6.92. The van der Waals surface area contributed by atoms with Gasteiger partial charge in [-0.05, 0) is 25.2 Å². The Morgan fingerprint density at radius 2 is 1.83 bits per heavy atom. The van der Waals surface area contributed by atoms with E-state index in [0.717, 1.165) is 39.3 Å². The van der Waals surface area contributed by atoms with E-state index in [9.17, 15) is 4.79 Å². The smallest absolute Gasteiger partial charge is 0.236 e. The molecule has 0 aromatic carbocycles. The van der Waals surface area contributed by atoms with Crippen molar-refractivity contribution in [2.45, 2.75) is 64.0 Å². The van der Waals surface area contributed by atoms with Crippen LogP contribution in [0.15, 0.2) is 0 Å². The summed E-state index contributed by atoms with van der Waals surface area (Å²) in [6, 6.07) is -0.384. The van der Waals surface area contributed by atoms with Crippen LogP contribution < -0.4 is 11.1 Å². The number of morpholine rings is 1. The molecule has 0 spiro atoms. The van der Waals surface area contributed by atoms with Gasteiger partial charge in [0.05, 0.1) is 19.3 Å². The summed E-state index contributed by atoms with van der Waals surface area (Å²) in [6.45, 7) is 8.51. The number of nitrogens with one attached hydrogen (secondary N) is 1. The zero-order chi connectivity index (χ0) is 16.0. The fraction of sp³-hybridized carbons (Fsp3) is 0.941. The third kappa shape index (κ3) is 5.89. The molecule has 0 aromatic heterocycles. The van der Waals surface area contributed by atoms with E-state index in [2.05, 4.69) is 24.1 Å². The Kier molecular flexibility index (Phi) is 8.83. The maximum Gasteiger partial charge on any atom is 0.236 e. The van der Waals surface area contributed by atoms with Crippen LogP contribution in [0.1, 0.15) is 52.4 Å². The lowest BCUT2D eigenvalue weighted by Gasteiger charge is -2.48. The molecule has 2 aliphatic rings. The van der Waals surface area contributed by atoms with Crippen molar-refractivity contribution in [2.24, 2.45) is 11.7 Å². The van der Waals surface area contributed by atoms with Gasteiger partial charge in [-0.15, -0.1) is 12.4 Å². The van der Waals surface area contributed by atoms with Crippen LogP contribution in [0.5, 0.6) is 0 Å². The van der Waals surface area contributed by atoms with Gasteiger partial charge in [-0.1, -0.05) is 33.1 Å². The quantitative estimate of drug-likeness (QED) is 0.770. The Balaban J connectivity index is 0.00000264. The van der Waals surface area contributed by atoms with Crippen molar-refractivity contribution in [3.63, 3.8) is 0 Å². The minimum atomic E-state index is -0.384. The van der Waals surface area contributed by atoms with Gasteiger partial charge in [0.15, 0.2) is 0 Å². The summed E-state index contributed by atoms with van der Waals surface area (Å²) in [5, 5.41) is 3.15. The van der Waals surface area contributed by atoms with Gasteiger partial charge in [0.25, 0.3) is 0 Å². The summed E-state index contributed by atoms with van der Waals surface area (Å²) < 4.78 is 5.49. The fourth-order valence-corrected chi connectivity index (χ4v) is 3.85. The van der Waals surface area contributed by atoms with E-state index in [-0.39, 0.29) is 29.9 Å². The van der Waals surface area contributed by atoms with Crippen LogP contribution in [0.2, 0.25) is 0 Å². The second-order valence-corrected chi connectivity index (χ2v) is 7.34. The second-order valence-electron chi connectivity index (χ2n) is 7.34. The van der Waals surface area contributed by atoms with E-state index >= 15 is 0 Å². The highest BCUT2D eigenvalue weighted by Gasteiger charge is 2.39. The van der Waals surface area contributed by atoms with Crippen molar-refractivity contribution >= 4 is 18.3 Å². The predicted octanol–water partition coefficient (Wildman–Crippen LogP) is 1.93. The average Bonchev–Trinajstić information content (AvgIpc) is 2.53. The van der Waals surface area contributed by atoms with Gasteiger partial charge in [-0.3, -0.25) is 9.69 Å². The van der Waals surface area contributed by atoms with Gasteiger partial charge in [0.2, 0.25) is 5.91 Å². The first-order chi connectivity index (χ1) is 10.5. The largest absolute Gasteiger partial charge is 0.379 e. The normalized spacial score (nSPS) is 23.1. The van der Waals surface area contributed by atoms with E-state index in [1.54, 1.807) is 0 Å². The number of amides is 1. The lowest BCUT2D eigenvalue weighted by molar-refractivity contribution is -0.124. The zero-order valence-electron chi connectivity index (χ0n) is 14.7. The molecule has 0 radical (unpaired) electrons. The fourth-order valence-electron chi connectivity index (χ4n) is 3.85. The standard InChI is InChI=1S/C17H33N3O2.ClH/c1-14(2)12-15(18)16(21)19-13-17(6-4-3-5-7-17)20-8-10-22-11-9-20;/h14-15H,3-13,18H2,1-2H3,(H,19,21);1H/t15-;/m0./s1. The monoisotopic (exact) mass is 347 g/mol. The number of hydrogen-bond acceptors (Lipinski definition) is 4. The molecule has 1 heterocycles. The van der Waals surface area contributed by atoms with Gasteiger partial charge >= 0.3 is 0 Å². The highest BCUT2D eigenvalue weighted by Crippen LogP contribution is 2.33. The van der Waals surface area contributed by atoms with E-state index in [0.29, 0.717) is 5.92 Å². The molecule has 5 nitrogen and oxygen atoms in total. The maximum atomic E-state index is 12.3. The van der Waals surface area contributed by atoms with Crippen LogP contribution in [0.25, 0.3) is 0 Å². The molecule has 1 saturated heterocycles. The van der Waals surface area contributed by atoms with Gasteiger partial charge in [0.1, 0.15) is 0 Å². The molecule has 6 heteroatoms. The zero-order valence-corrected chi connectivity index (χ0v) is 15.5. The number of hydrogen-bond donors (Lipinski definition) is 2. The van der Waals surface area contributed by atoms with Crippen LogP contribution in [0, 0.1) is 5.92 Å². The Morgan fingerprint density at radius 1 is 1.22 bits per heavy atom. The van der Waals surface area contributed by atoms with Crippen molar-refractivity contribution in [1.82, 2.24) is 10.2 Å². The molecule has 1 atom stereocenters. The number of nitrogens with two attached hydrogens (primary N) is 1. The van der Waals surface area contributed by atoms with Gasteiger partial charge in [0, 0.05) is 25.2 Å². The van der Waals surface area contributed by atoms with Crippen LogP contribution in [0.3, 0.4) is 0 Å². The third-order valence-electron chi connectivity index (χ3n) is 5.12. The third-order valence-corrected chi connectivity index (χ3v) is 5.12. The first kappa shape index (κ1) is 20.7. The molecule has 0 aromatic rings. The second kappa shape index (κ2) is 9.82. The highest BCUT2D eigenvalue weighted by molar-refractivity contribution is 5.85. The molecule has 1 aliphatic carbocycles.